The molecule has 1 aliphatic rings. The molecule has 1 aromatic rings. The number of aliphatic imine (C=N–C) groups is 1. The van der Waals surface area contributed by atoms with E-state index in [1.165, 1.54) is 0 Å². The molecule has 2 rings (SSSR count). The van der Waals surface area contributed by atoms with E-state index in [0.717, 1.165) is 12.0 Å². The highest BCUT2D eigenvalue weighted by atomic mass is 16.3. The first-order valence-corrected chi connectivity index (χ1v) is 6.38. The molecule has 0 saturated carbocycles. The fraction of sp³-hybridized carbons (Fsp3) is 0.500. The van der Waals surface area contributed by atoms with Gasteiger partial charge in [0, 0.05) is 6.04 Å². The van der Waals surface area contributed by atoms with Crippen molar-refractivity contribution in [2.75, 3.05) is 6.54 Å². The Kier molecular flexibility index (Phi) is 3.20. The minimum absolute atomic E-state index is 0.266. The zero-order chi connectivity index (χ0) is 13.3. The molecule has 3 N–H and O–H groups in total. The first-order chi connectivity index (χ1) is 8.49. The van der Waals surface area contributed by atoms with Crippen LogP contribution < -0.4 is 5.73 Å². The summed E-state index contributed by atoms with van der Waals surface area (Å²) in [6.07, 6.45) is 1.00. The average molecular weight is 247 g/mol. The van der Waals surface area contributed by atoms with E-state index in [0.29, 0.717) is 18.5 Å². The maximum Gasteiger partial charge on any atom is 0.192 e. The fourth-order valence-corrected chi connectivity index (χ4v) is 2.61. The van der Waals surface area contributed by atoms with Crippen LogP contribution in [0.4, 0.5) is 0 Å². The largest absolute Gasteiger partial charge is 0.508 e. The average Bonchev–Trinajstić information content (AvgIpc) is 2.66. The first kappa shape index (κ1) is 12.7. The van der Waals surface area contributed by atoms with Gasteiger partial charge in [-0.15, -0.1) is 0 Å². The maximum absolute atomic E-state index is 9.65. The van der Waals surface area contributed by atoms with Crippen LogP contribution in [0.3, 0.4) is 0 Å². The van der Waals surface area contributed by atoms with E-state index in [1.807, 2.05) is 12.1 Å². The second kappa shape index (κ2) is 4.52. The van der Waals surface area contributed by atoms with E-state index in [9.17, 15) is 5.11 Å². The summed E-state index contributed by atoms with van der Waals surface area (Å²) in [7, 11) is 0. The molecule has 18 heavy (non-hydrogen) atoms. The van der Waals surface area contributed by atoms with E-state index in [-0.39, 0.29) is 11.3 Å². The Bertz CT molecular complexity index is 472. The molecule has 0 fully saturated rings. The van der Waals surface area contributed by atoms with Gasteiger partial charge in [0.25, 0.3) is 0 Å². The lowest BCUT2D eigenvalue weighted by atomic mass is 9.89. The van der Waals surface area contributed by atoms with Crippen LogP contribution in [0.1, 0.15) is 32.8 Å². The van der Waals surface area contributed by atoms with Crippen LogP contribution in [0.2, 0.25) is 0 Å². The summed E-state index contributed by atoms with van der Waals surface area (Å²) in [5.41, 5.74) is 6.80. The highest BCUT2D eigenvalue weighted by Crippen LogP contribution is 2.36. The zero-order valence-corrected chi connectivity index (χ0v) is 11.2. The molecule has 0 bridgehead atoms. The molecule has 0 spiro atoms. The van der Waals surface area contributed by atoms with Crippen molar-refractivity contribution in [1.82, 2.24) is 4.90 Å². The summed E-state index contributed by atoms with van der Waals surface area (Å²) in [6.45, 7) is 7.04. The summed E-state index contributed by atoms with van der Waals surface area (Å²) < 4.78 is 0. The number of nitrogens with zero attached hydrogens (tertiary/aromatic N) is 2. The Labute approximate surface area is 108 Å². The number of aromatic hydroxyl groups is 1. The topological polar surface area (TPSA) is 61.8 Å². The van der Waals surface area contributed by atoms with Crippen molar-refractivity contribution in [2.45, 2.75) is 38.8 Å². The van der Waals surface area contributed by atoms with Gasteiger partial charge in [-0.25, -0.2) is 0 Å². The van der Waals surface area contributed by atoms with Gasteiger partial charge in [-0.3, -0.25) is 4.99 Å². The Morgan fingerprint density at radius 1 is 1.56 bits per heavy atom. The molecular weight excluding hydrogens is 226 g/mol. The van der Waals surface area contributed by atoms with Crippen LogP contribution in [0.25, 0.3) is 0 Å². The summed E-state index contributed by atoms with van der Waals surface area (Å²) >= 11 is 0. The van der Waals surface area contributed by atoms with Crippen LogP contribution in [0.5, 0.6) is 5.75 Å². The van der Waals surface area contributed by atoms with Crippen LogP contribution >= 0.6 is 0 Å². The molecule has 4 nitrogen and oxygen atoms in total. The number of nitrogens with two attached hydrogens (primary N) is 1. The van der Waals surface area contributed by atoms with E-state index in [2.05, 4.69) is 30.7 Å². The fourth-order valence-electron chi connectivity index (χ4n) is 2.61. The molecule has 0 amide bonds. The van der Waals surface area contributed by atoms with Crippen LogP contribution in [0, 0.1) is 0 Å². The Hall–Kier alpha value is -1.71. The lowest BCUT2D eigenvalue weighted by molar-refractivity contribution is 0.171. The SMILES string of the molecule is CCC(C)N1C(N)=NCC1(C)c1cccc(O)c1. The number of hydrogen-bond acceptors (Lipinski definition) is 4. The van der Waals surface area contributed by atoms with Crippen molar-refractivity contribution in [2.24, 2.45) is 10.7 Å². The molecule has 0 aromatic heterocycles. The summed E-state index contributed by atoms with van der Waals surface area (Å²) in [5.74, 6) is 0.874. The molecule has 0 radical (unpaired) electrons. The highest BCUT2D eigenvalue weighted by Gasteiger charge is 2.41. The Balaban J connectivity index is 2.41. The third-order valence-corrected chi connectivity index (χ3v) is 3.83. The first-order valence-electron chi connectivity index (χ1n) is 6.38. The van der Waals surface area contributed by atoms with Gasteiger partial charge < -0.3 is 15.7 Å². The second-order valence-corrected chi connectivity index (χ2v) is 5.13. The van der Waals surface area contributed by atoms with Crippen LogP contribution in [-0.2, 0) is 5.54 Å². The van der Waals surface area contributed by atoms with Gasteiger partial charge in [0.2, 0.25) is 0 Å². The van der Waals surface area contributed by atoms with Gasteiger partial charge in [0.1, 0.15) is 5.75 Å². The Morgan fingerprint density at radius 2 is 2.28 bits per heavy atom. The standard InChI is InChI=1S/C14H21N3O/c1-4-10(2)17-13(15)16-9-14(17,3)11-6-5-7-12(18)8-11/h5-8,10,18H,4,9H2,1-3H3,(H2,15,16). The van der Waals surface area contributed by atoms with Gasteiger partial charge in [-0.1, -0.05) is 19.1 Å². The minimum atomic E-state index is -0.266. The predicted molar refractivity (Wildman–Crippen MR) is 73.5 cm³/mol. The van der Waals surface area contributed by atoms with E-state index >= 15 is 0 Å². The molecule has 1 aliphatic heterocycles. The molecule has 0 saturated heterocycles. The molecule has 98 valence electrons. The van der Waals surface area contributed by atoms with E-state index in [4.69, 9.17) is 5.73 Å². The summed E-state index contributed by atoms with van der Waals surface area (Å²) in [5, 5.41) is 9.65. The summed E-state index contributed by atoms with van der Waals surface area (Å²) in [4.78, 5) is 6.54. The third-order valence-electron chi connectivity index (χ3n) is 3.83. The molecule has 0 aliphatic carbocycles. The molecule has 2 atom stereocenters. The van der Waals surface area contributed by atoms with Crippen molar-refractivity contribution in [3.63, 3.8) is 0 Å². The minimum Gasteiger partial charge on any atom is -0.508 e. The lowest BCUT2D eigenvalue weighted by Crippen LogP contribution is -2.51. The molecule has 1 aromatic carbocycles. The van der Waals surface area contributed by atoms with Gasteiger partial charge in [0.15, 0.2) is 5.96 Å². The van der Waals surface area contributed by atoms with Gasteiger partial charge in [-0.2, -0.15) is 0 Å². The van der Waals surface area contributed by atoms with Crippen molar-refractivity contribution in [3.05, 3.63) is 29.8 Å². The van der Waals surface area contributed by atoms with Gasteiger partial charge in [-0.05, 0) is 38.0 Å². The number of phenolic OH excluding ortho intramolecular Hbond substituents is 1. The number of benzene rings is 1. The number of hydrogen-bond donors (Lipinski definition) is 2. The zero-order valence-electron chi connectivity index (χ0n) is 11.2. The smallest absolute Gasteiger partial charge is 0.192 e. The third kappa shape index (κ3) is 1.92. The van der Waals surface area contributed by atoms with Gasteiger partial charge in [0.05, 0.1) is 12.1 Å². The van der Waals surface area contributed by atoms with E-state index in [1.54, 1.807) is 12.1 Å². The Morgan fingerprint density at radius 3 is 2.89 bits per heavy atom. The molecular formula is C14H21N3O. The van der Waals surface area contributed by atoms with Gasteiger partial charge >= 0.3 is 0 Å². The number of rotatable bonds is 3. The maximum atomic E-state index is 9.65. The van der Waals surface area contributed by atoms with Crippen molar-refractivity contribution < 1.29 is 5.11 Å². The number of guanidine groups is 1. The van der Waals surface area contributed by atoms with Crippen molar-refractivity contribution >= 4 is 5.96 Å². The van der Waals surface area contributed by atoms with Crippen LogP contribution in [0.15, 0.2) is 29.3 Å². The van der Waals surface area contributed by atoms with Crippen molar-refractivity contribution in [3.8, 4) is 5.75 Å². The van der Waals surface area contributed by atoms with E-state index < -0.39 is 0 Å². The number of phenols is 1. The quantitative estimate of drug-likeness (QED) is 0.859. The van der Waals surface area contributed by atoms with Crippen LogP contribution in [-0.4, -0.2) is 28.6 Å². The second-order valence-electron chi connectivity index (χ2n) is 5.13. The van der Waals surface area contributed by atoms with Crippen molar-refractivity contribution in [1.29, 1.82) is 0 Å². The highest BCUT2D eigenvalue weighted by molar-refractivity contribution is 5.81. The molecule has 2 unspecified atom stereocenters. The summed E-state index contributed by atoms with van der Waals surface area (Å²) in [6, 6.07) is 7.68. The molecule has 1 heterocycles. The normalized spacial score (nSPS) is 25.1. The molecule has 4 heteroatoms. The lowest BCUT2D eigenvalue weighted by Gasteiger charge is -2.40. The monoisotopic (exact) mass is 247 g/mol. The predicted octanol–water partition coefficient (Wildman–Crippen LogP) is 2.04.